The summed E-state index contributed by atoms with van der Waals surface area (Å²) >= 11 is 0. The summed E-state index contributed by atoms with van der Waals surface area (Å²) in [5.41, 5.74) is 4.99. The van der Waals surface area contributed by atoms with E-state index in [-0.39, 0.29) is 0 Å². The molecule has 0 heteroatoms. The Balaban J connectivity index is 2.30. The highest BCUT2D eigenvalue weighted by molar-refractivity contribution is 5.44. The van der Waals surface area contributed by atoms with Gasteiger partial charge in [-0.1, -0.05) is 38.0 Å². The van der Waals surface area contributed by atoms with Gasteiger partial charge >= 0.3 is 0 Å². The molecule has 0 nitrogen and oxygen atoms in total. The molecular weight excluding hydrogens is 156 g/mol. The minimum absolute atomic E-state index is 0.727. The van der Waals surface area contributed by atoms with Crippen LogP contribution in [0.15, 0.2) is 22.8 Å². The van der Waals surface area contributed by atoms with Crippen LogP contribution in [-0.4, -0.2) is 0 Å². The molecule has 0 saturated heterocycles. The second kappa shape index (κ2) is 3.01. The van der Waals surface area contributed by atoms with Crippen LogP contribution < -0.4 is 0 Å². The lowest BCUT2D eigenvalue weighted by Crippen LogP contribution is -2.17. The van der Waals surface area contributed by atoms with Gasteiger partial charge in [0.2, 0.25) is 0 Å². The van der Waals surface area contributed by atoms with Crippen molar-refractivity contribution in [2.75, 3.05) is 0 Å². The quantitative estimate of drug-likeness (QED) is 0.524. The molecule has 0 radical (unpaired) electrons. The Labute approximate surface area is 81.7 Å². The summed E-state index contributed by atoms with van der Waals surface area (Å²) in [5.74, 6) is 2.50. The summed E-state index contributed by atoms with van der Waals surface area (Å²) in [7, 11) is 0. The Morgan fingerprint density at radius 2 is 1.69 bits per heavy atom. The first-order valence-corrected chi connectivity index (χ1v) is 5.50. The lowest BCUT2D eigenvalue weighted by atomic mass is 9.76. The smallest absolute Gasteiger partial charge is 0.00398 e. The van der Waals surface area contributed by atoms with Gasteiger partial charge in [0.25, 0.3) is 0 Å². The van der Waals surface area contributed by atoms with Crippen molar-refractivity contribution in [3.63, 3.8) is 0 Å². The van der Waals surface area contributed by atoms with Crippen LogP contribution in [0.4, 0.5) is 0 Å². The molecule has 0 amide bonds. The molecule has 0 heterocycles. The summed E-state index contributed by atoms with van der Waals surface area (Å²) in [5, 5.41) is 0. The number of rotatable bonds is 0. The van der Waals surface area contributed by atoms with E-state index in [2.05, 4.69) is 33.8 Å². The van der Waals surface area contributed by atoms with Crippen LogP contribution in [0, 0.1) is 17.8 Å². The third kappa shape index (κ3) is 1.37. The highest BCUT2D eigenvalue weighted by atomic mass is 14.3. The van der Waals surface area contributed by atoms with Gasteiger partial charge in [-0.15, -0.1) is 0 Å². The molecule has 0 aromatic carbocycles. The fourth-order valence-electron chi connectivity index (χ4n) is 2.78. The van der Waals surface area contributed by atoms with Crippen LogP contribution in [0.25, 0.3) is 0 Å². The van der Waals surface area contributed by atoms with E-state index in [1.54, 1.807) is 16.7 Å². The van der Waals surface area contributed by atoms with E-state index in [1.807, 2.05) is 0 Å². The zero-order chi connectivity index (χ0) is 9.59. The minimum atomic E-state index is 0.727. The first kappa shape index (κ1) is 9.05. The van der Waals surface area contributed by atoms with Gasteiger partial charge in [0.05, 0.1) is 0 Å². The van der Waals surface area contributed by atoms with E-state index >= 15 is 0 Å². The maximum atomic E-state index is 2.44. The second-order valence-corrected chi connectivity index (χ2v) is 5.00. The Hall–Kier alpha value is -0.520. The van der Waals surface area contributed by atoms with Gasteiger partial charge in [0.1, 0.15) is 0 Å². The Bertz CT molecular complexity index is 280. The highest BCUT2D eigenvalue weighted by Crippen LogP contribution is 2.44. The first-order chi connectivity index (χ1) is 6.09. The number of hydrogen-bond acceptors (Lipinski definition) is 0. The van der Waals surface area contributed by atoms with E-state index in [4.69, 9.17) is 0 Å². The number of allylic oxidation sites excluding steroid dienone is 4. The normalized spacial score (nSPS) is 39.1. The first-order valence-electron chi connectivity index (χ1n) is 5.50. The van der Waals surface area contributed by atoms with Gasteiger partial charge in [-0.05, 0) is 43.1 Å². The van der Waals surface area contributed by atoms with Crippen LogP contribution in [0.5, 0.6) is 0 Å². The van der Waals surface area contributed by atoms with Crippen molar-refractivity contribution < 1.29 is 0 Å². The van der Waals surface area contributed by atoms with Crippen molar-refractivity contribution in [2.45, 2.75) is 40.5 Å². The standard InChI is InChI=1S/C13H20/c1-8-6-12-10(3)5-11(4)13(12)7-9(8)2/h5,8-10H,6-7H2,1-4H3. The molecule has 2 aliphatic rings. The third-order valence-electron chi connectivity index (χ3n) is 3.95. The molecule has 2 aliphatic carbocycles. The zero-order valence-corrected chi connectivity index (χ0v) is 9.22. The summed E-state index contributed by atoms with van der Waals surface area (Å²) in [6, 6.07) is 0. The largest absolute Gasteiger partial charge is 0.0744 e. The highest BCUT2D eigenvalue weighted by Gasteiger charge is 2.29. The Morgan fingerprint density at radius 1 is 1.08 bits per heavy atom. The fourth-order valence-corrected chi connectivity index (χ4v) is 2.78. The van der Waals surface area contributed by atoms with Gasteiger partial charge in [0, 0.05) is 0 Å². The van der Waals surface area contributed by atoms with Crippen molar-refractivity contribution in [3.8, 4) is 0 Å². The summed E-state index contributed by atoms with van der Waals surface area (Å²) < 4.78 is 0. The van der Waals surface area contributed by atoms with E-state index < -0.39 is 0 Å². The maximum Gasteiger partial charge on any atom is -0.00398 e. The maximum absolute atomic E-state index is 2.44. The molecule has 0 N–H and O–H groups in total. The van der Waals surface area contributed by atoms with Crippen molar-refractivity contribution in [3.05, 3.63) is 22.8 Å². The molecule has 0 saturated carbocycles. The van der Waals surface area contributed by atoms with Crippen molar-refractivity contribution in [1.82, 2.24) is 0 Å². The predicted octanol–water partition coefficient (Wildman–Crippen LogP) is 3.95. The summed E-state index contributed by atoms with van der Waals surface area (Å²) in [6.07, 6.45) is 5.10. The van der Waals surface area contributed by atoms with Crippen molar-refractivity contribution >= 4 is 0 Å². The average molecular weight is 176 g/mol. The molecule has 3 atom stereocenters. The topological polar surface area (TPSA) is 0 Å². The molecule has 2 rings (SSSR count). The molecule has 72 valence electrons. The Morgan fingerprint density at radius 3 is 2.38 bits per heavy atom. The van der Waals surface area contributed by atoms with Crippen LogP contribution in [-0.2, 0) is 0 Å². The van der Waals surface area contributed by atoms with Gasteiger partial charge < -0.3 is 0 Å². The zero-order valence-electron chi connectivity index (χ0n) is 9.22. The molecular formula is C13H20. The van der Waals surface area contributed by atoms with Crippen LogP contribution in [0.2, 0.25) is 0 Å². The molecule has 0 fully saturated rings. The SMILES string of the molecule is CC1=CC(C)C2=C1CC(C)C(C)C2. The van der Waals surface area contributed by atoms with E-state index in [1.165, 1.54) is 12.8 Å². The van der Waals surface area contributed by atoms with Gasteiger partial charge in [-0.3, -0.25) is 0 Å². The van der Waals surface area contributed by atoms with Gasteiger partial charge in [0.15, 0.2) is 0 Å². The van der Waals surface area contributed by atoms with Crippen LogP contribution in [0.3, 0.4) is 0 Å². The van der Waals surface area contributed by atoms with Crippen LogP contribution in [0.1, 0.15) is 40.5 Å². The molecule has 0 aliphatic heterocycles. The average Bonchev–Trinajstić information content (AvgIpc) is 2.31. The molecule has 3 unspecified atom stereocenters. The van der Waals surface area contributed by atoms with Crippen LogP contribution >= 0.6 is 0 Å². The second-order valence-electron chi connectivity index (χ2n) is 5.00. The van der Waals surface area contributed by atoms with E-state index in [9.17, 15) is 0 Å². The summed E-state index contributed by atoms with van der Waals surface area (Å²) in [6.45, 7) is 9.41. The fraction of sp³-hybridized carbons (Fsp3) is 0.692. The molecule has 0 aromatic heterocycles. The summed E-state index contributed by atoms with van der Waals surface area (Å²) in [4.78, 5) is 0. The lowest BCUT2D eigenvalue weighted by molar-refractivity contribution is 0.355. The lowest BCUT2D eigenvalue weighted by Gasteiger charge is -2.29. The monoisotopic (exact) mass is 176 g/mol. The number of hydrogen-bond donors (Lipinski definition) is 0. The van der Waals surface area contributed by atoms with Gasteiger partial charge in [-0.25, -0.2) is 0 Å². The molecule has 0 bridgehead atoms. The predicted molar refractivity (Wildman–Crippen MR) is 57.5 cm³/mol. The Kier molecular flexibility index (Phi) is 2.09. The van der Waals surface area contributed by atoms with Crippen molar-refractivity contribution in [1.29, 1.82) is 0 Å². The third-order valence-corrected chi connectivity index (χ3v) is 3.95. The minimum Gasteiger partial charge on any atom is -0.0744 e. The van der Waals surface area contributed by atoms with Gasteiger partial charge in [-0.2, -0.15) is 0 Å². The molecule has 13 heavy (non-hydrogen) atoms. The molecule has 0 aromatic rings. The van der Waals surface area contributed by atoms with E-state index in [0.29, 0.717) is 0 Å². The van der Waals surface area contributed by atoms with E-state index in [0.717, 1.165) is 17.8 Å². The van der Waals surface area contributed by atoms with Crippen molar-refractivity contribution in [2.24, 2.45) is 17.8 Å². The molecule has 0 spiro atoms.